The van der Waals surface area contributed by atoms with Gasteiger partial charge in [-0.25, -0.2) is 0 Å². The number of rotatable bonds is 7. The first-order chi connectivity index (χ1) is 12.7. The highest BCUT2D eigenvalue weighted by Crippen LogP contribution is 2.36. The molecule has 5 rings (SSSR count). The second-order valence-electron chi connectivity index (χ2n) is 7.24. The summed E-state index contributed by atoms with van der Waals surface area (Å²) in [5.74, 6) is 1.38. The number of carbonyl (C=O) groups is 1. The van der Waals surface area contributed by atoms with Gasteiger partial charge in [-0.2, -0.15) is 0 Å². The predicted molar refractivity (Wildman–Crippen MR) is 92.9 cm³/mol. The van der Waals surface area contributed by atoms with E-state index in [0.717, 1.165) is 43.9 Å². The number of hydrogen-bond acceptors (Lipinski definition) is 6. The number of carbonyl (C=O) groups excluding carboxylic acids is 1. The fourth-order valence-corrected chi connectivity index (χ4v) is 4.22. The van der Waals surface area contributed by atoms with Crippen molar-refractivity contribution in [3.8, 4) is 0 Å². The number of amides is 1. The van der Waals surface area contributed by atoms with E-state index < -0.39 is 0 Å². The molecule has 2 aromatic heterocycles. The Morgan fingerprint density at radius 1 is 1.46 bits per heavy atom. The Morgan fingerprint density at radius 2 is 2.38 bits per heavy atom. The van der Waals surface area contributed by atoms with E-state index in [9.17, 15) is 4.79 Å². The van der Waals surface area contributed by atoms with E-state index in [0.29, 0.717) is 24.9 Å². The Hall–Kier alpha value is -2.19. The maximum atomic E-state index is 12.6. The molecule has 5 heterocycles. The average molecular weight is 359 g/mol. The highest BCUT2D eigenvalue weighted by atomic mass is 16.3. The Balaban J connectivity index is 1.32. The third kappa shape index (κ3) is 3.66. The first-order valence-electron chi connectivity index (χ1n) is 9.27. The summed E-state index contributed by atoms with van der Waals surface area (Å²) in [6.07, 6.45) is 6.15. The molecule has 2 N–H and O–H groups in total. The molecule has 0 radical (unpaired) electrons. The van der Waals surface area contributed by atoms with Crippen LogP contribution in [-0.4, -0.2) is 56.6 Å². The zero-order chi connectivity index (χ0) is 17.9. The van der Waals surface area contributed by atoms with Gasteiger partial charge in [0.1, 0.15) is 5.76 Å². The van der Waals surface area contributed by atoms with Crippen molar-refractivity contribution in [1.82, 2.24) is 25.2 Å². The summed E-state index contributed by atoms with van der Waals surface area (Å²) < 4.78 is 7.14. The number of fused-ring (bicyclic) bond motifs is 3. The number of hydrogen-bond donors (Lipinski definition) is 2. The SMILES string of the molecule is O=C(NCc1ccco1)[C@H]1CN2CCC1C[C@@H]2Cn1cc(CCO)nn1. The standard InChI is InChI=1S/C18H25N5O3/c24-6-4-14-10-23(21-20-14)11-15-8-13-3-5-22(15)12-17(13)18(25)19-9-16-2-1-7-26-16/h1-2,7,10,13,15,17,24H,3-6,8-9,11-12H2,(H,19,25)/t13?,15-,17+/m1/s1. The molecular formula is C18H25N5O3. The molecule has 1 amide bonds. The van der Waals surface area contributed by atoms with Crippen LogP contribution < -0.4 is 5.32 Å². The molecule has 3 aliphatic rings. The summed E-state index contributed by atoms with van der Waals surface area (Å²) >= 11 is 0. The zero-order valence-electron chi connectivity index (χ0n) is 14.8. The van der Waals surface area contributed by atoms with E-state index in [4.69, 9.17) is 9.52 Å². The number of aliphatic hydroxyl groups excluding tert-OH is 1. The quantitative estimate of drug-likeness (QED) is 0.744. The van der Waals surface area contributed by atoms with Crippen molar-refractivity contribution in [3.63, 3.8) is 0 Å². The lowest BCUT2D eigenvalue weighted by Crippen LogP contribution is -2.57. The van der Waals surface area contributed by atoms with E-state index in [1.54, 1.807) is 6.26 Å². The average Bonchev–Trinajstić information content (AvgIpc) is 3.33. The minimum atomic E-state index is 0.0515. The molecule has 2 aromatic rings. The zero-order valence-corrected chi connectivity index (χ0v) is 14.8. The number of nitrogens with one attached hydrogen (secondary N) is 1. The van der Waals surface area contributed by atoms with Crippen LogP contribution in [0.25, 0.3) is 0 Å². The highest BCUT2D eigenvalue weighted by molar-refractivity contribution is 5.79. The van der Waals surface area contributed by atoms with Gasteiger partial charge in [0.05, 0.1) is 31.0 Å². The summed E-state index contributed by atoms with van der Waals surface area (Å²) in [6, 6.07) is 4.10. The Kier molecular flexibility index (Phi) is 5.03. The molecule has 3 aliphatic heterocycles. The molecule has 26 heavy (non-hydrogen) atoms. The maximum absolute atomic E-state index is 12.6. The van der Waals surface area contributed by atoms with Crippen LogP contribution in [0.3, 0.4) is 0 Å². The minimum Gasteiger partial charge on any atom is -0.467 e. The van der Waals surface area contributed by atoms with Crippen molar-refractivity contribution in [2.24, 2.45) is 11.8 Å². The molecule has 0 spiro atoms. The fraction of sp³-hybridized carbons (Fsp3) is 0.611. The summed E-state index contributed by atoms with van der Waals surface area (Å²) in [7, 11) is 0. The van der Waals surface area contributed by atoms with Crippen LogP contribution in [-0.2, 0) is 24.3 Å². The largest absolute Gasteiger partial charge is 0.467 e. The number of aliphatic hydroxyl groups is 1. The van der Waals surface area contributed by atoms with E-state index in [-0.39, 0.29) is 18.4 Å². The third-order valence-electron chi connectivity index (χ3n) is 5.58. The highest BCUT2D eigenvalue weighted by Gasteiger charge is 2.43. The summed E-state index contributed by atoms with van der Waals surface area (Å²) in [5.41, 5.74) is 0.818. The second-order valence-corrected chi connectivity index (χ2v) is 7.24. The summed E-state index contributed by atoms with van der Waals surface area (Å²) in [4.78, 5) is 15.0. The van der Waals surface area contributed by atoms with Gasteiger partial charge >= 0.3 is 0 Å². The molecular weight excluding hydrogens is 334 g/mol. The summed E-state index contributed by atoms with van der Waals surface area (Å²) in [6.45, 7) is 3.17. The van der Waals surface area contributed by atoms with Crippen LogP contribution in [0.1, 0.15) is 24.3 Å². The van der Waals surface area contributed by atoms with Gasteiger partial charge in [-0.15, -0.1) is 5.10 Å². The molecule has 8 heteroatoms. The van der Waals surface area contributed by atoms with Gasteiger partial charge in [0, 0.05) is 31.8 Å². The lowest BCUT2D eigenvalue weighted by molar-refractivity contribution is -0.133. The van der Waals surface area contributed by atoms with Gasteiger partial charge in [0.15, 0.2) is 0 Å². The van der Waals surface area contributed by atoms with Crippen LogP contribution >= 0.6 is 0 Å². The predicted octanol–water partition coefficient (Wildman–Crippen LogP) is 0.433. The first-order valence-corrected chi connectivity index (χ1v) is 9.27. The van der Waals surface area contributed by atoms with Crippen LogP contribution in [0.4, 0.5) is 0 Å². The monoisotopic (exact) mass is 359 g/mol. The van der Waals surface area contributed by atoms with Crippen LogP contribution in [0.5, 0.6) is 0 Å². The van der Waals surface area contributed by atoms with Gasteiger partial charge in [-0.05, 0) is 37.4 Å². The van der Waals surface area contributed by atoms with E-state index in [2.05, 4.69) is 20.5 Å². The Morgan fingerprint density at radius 3 is 3.12 bits per heavy atom. The second kappa shape index (κ2) is 7.59. The van der Waals surface area contributed by atoms with Crippen LogP contribution in [0, 0.1) is 11.8 Å². The molecule has 4 atom stereocenters. The lowest BCUT2D eigenvalue weighted by Gasteiger charge is -2.49. The molecule has 8 nitrogen and oxygen atoms in total. The Bertz CT molecular complexity index is 729. The molecule has 2 bridgehead atoms. The van der Waals surface area contributed by atoms with Gasteiger partial charge in [0.25, 0.3) is 0 Å². The van der Waals surface area contributed by atoms with Crippen LogP contribution in [0.15, 0.2) is 29.0 Å². The lowest BCUT2D eigenvalue weighted by atomic mass is 9.75. The molecule has 140 valence electrons. The van der Waals surface area contributed by atoms with Crippen molar-refractivity contribution >= 4 is 5.91 Å². The van der Waals surface area contributed by atoms with Gasteiger partial charge < -0.3 is 14.8 Å². The van der Waals surface area contributed by atoms with Crippen molar-refractivity contribution in [2.75, 3.05) is 19.7 Å². The number of aromatic nitrogens is 3. The molecule has 0 aromatic carbocycles. The topological polar surface area (TPSA) is 96.4 Å². The molecule has 3 fully saturated rings. The molecule has 3 saturated heterocycles. The number of furan rings is 1. The van der Waals surface area contributed by atoms with Crippen LogP contribution in [0.2, 0.25) is 0 Å². The van der Waals surface area contributed by atoms with Gasteiger partial charge in [0.2, 0.25) is 5.91 Å². The smallest absolute Gasteiger partial charge is 0.225 e. The first kappa shape index (κ1) is 17.2. The van der Waals surface area contributed by atoms with E-state index in [1.165, 1.54) is 0 Å². The number of nitrogens with zero attached hydrogens (tertiary/aromatic N) is 4. The molecule has 0 aliphatic carbocycles. The molecule has 0 saturated carbocycles. The van der Waals surface area contributed by atoms with Gasteiger partial charge in [-0.1, -0.05) is 5.21 Å². The van der Waals surface area contributed by atoms with Crippen molar-refractivity contribution < 1.29 is 14.3 Å². The molecule has 2 unspecified atom stereocenters. The van der Waals surface area contributed by atoms with E-state index >= 15 is 0 Å². The van der Waals surface area contributed by atoms with Crippen molar-refractivity contribution in [1.29, 1.82) is 0 Å². The Labute approximate surface area is 152 Å². The maximum Gasteiger partial charge on any atom is 0.225 e. The van der Waals surface area contributed by atoms with Crippen molar-refractivity contribution in [2.45, 2.75) is 38.4 Å². The third-order valence-corrected chi connectivity index (χ3v) is 5.58. The summed E-state index contributed by atoms with van der Waals surface area (Å²) in [5, 5.41) is 20.3. The normalized spacial score (nSPS) is 27.6. The minimum absolute atomic E-state index is 0.0515. The van der Waals surface area contributed by atoms with Gasteiger partial charge in [-0.3, -0.25) is 14.4 Å². The fourth-order valence-electron chi connectivity index (χ4n) is 4.22. The van der Waals surface area contributed by atoms with E-state index in [1.807, 2.05) is 23.0 Å². The van der Waals surface area contributed by atoms with Crippen molar-refractivity contribution in [3.05, 3.63) is 36.0 Å². The number of piperidine rings is 3.